The number of anilines is 1. The largest absolute Gasteiger partial charge is 0.371 e. The first-order valence-corrected chi connectivity index (χ1v) is 9.32. The molecule has 2 atom stereocenters. The van der Waals surface area contributed by atoms with E-state index in [9.17, 15) is 4.79 Å². The number of hydrogen-bond donors (Lipinski definition) is 1. The SMILES string of the molecule is CC1CCCN(c2ccc(C(C)NC(=O)c3cccc(Cl)c3)cc2)C1. The lowest BCUT2D eigenvalue weighted by Gasteiger charge is -2.33. The van der Waals surface area contributed by atoms with Gasteiger partial charge in [-0.05, 0) is 61.6 Å². The monoisotopic (exact) mass is 356 g/mol. The van der Waals surface area contributed by atoms with Gasteiger partial charge in [0.05, 0.1) is 6.04 Å². The number of rotatable bonds is 4. The van der Waals surface area contributed by atoms with Crippen molar-refractivity contribution in [3.05, 3.63) is 64.7 Å². The van der Waals surface area contributed by atoms with Gasteiger partial charge in [0.1, 0.15) is 0 Å². The molecule has 3 rings (SSSR count). The normalized spacial score (nSPS) is 18.7. The van der Waals surface area contributed by atoms with Crippen molar-refractivity contribution in [1.29, 1.82) is 0 Å². The van der Waals surface area contributed by atoms with Crippen molar-refractivity contribution in [2.24, 2.45) is 5.92 Å². The van der Waals surface area contributed by atoms with Gasteiger partial charge in [0.25, 0.3) is 5.91 Å². The first kappa shape index (κ1) is 17.8. The van der Waals surface area contributed by atoms with Crippen molar-refractivity contribution in [2.75, 3.05) is 18.0 Å². The molecule has 0 spiro atoms. The number of halogens is 1. The molecule has 3 nitrogen and oxygen atoms in total. The molecule has 1 aliphatic heterocycles. The summed E-state index contributed by atoms with van der Waals surface area (Å²) in [4.78, 5) is 14.8. The summed E-state index contributed by atoms with van der Waals surface area (Å²) in [6.45, 7) is 6.57. The fourth-order valence-corrected chi connectivity index (χ4v) is 3.58. The summed E-state index contributed by atoms with van der Waals surface area (Å²) >= 11 is 5.96. The number of hydrogen-bond acceptors (Lipinski definition) is 2. The molecule has 1 aliphatic rings. The number of benzene rings is 2. The molecule has 0 aromatic heterocycles. The van der Waals surface area contributed by atoms with Crippen molar-refractivity contribution < 1.29 is 4.79 Å². The standard InChI is InChI=1S/C21H25ClN2O/c1-15-5-4-12-24(14-15)20-10-8-17(9-11-20)16(2)23-21(25)18-6-3-7-19(22)13-18/h3,6-11,13,15-16H,4-5,12,14H2,1-2H3,(H,23,25). The molecule has 1 amide bonds. The second-order valence-electron chi connectivity index (χ2n) is 6.99. The lowest BCUT2D eigenvalue weighted by Crippen LogP contribution is -2.34. The lowest BCUT2D eigenvalue weighted by atomic mass is 9.99. The summed E-state index contributed by atoms with van der Waals surface area (Å²) in [7, 11) is 0. The van der Waals surface area contributed by atoms with E-state index in [-0.39, 0.29) is 11.9 Å². The third-order valence-electron chi connectivity index (χ3n) is 4.85. The maximum atomic E-state index is 12.4. The topological polar surface area (TPSA) is 32.3 Å². The fraction of sp³-hybridized carbons (Fsp3) is 0.381. The number of nitrogens with zero attached hydrogens (tertiary/aromatic N) is 1. The van der Waals surface area contributed by atoms with Crippen molar-refractivity contribution in [3.8, 4) is 0 Å². The molecule has 132 valence electrons. The third-order valence-corrected chi connectivity index (χ3v) is 5.08. The number of carbonyl (C=O) groups excluding carboxylic acids is 1. The minimum atomic E-state index is -0.107. The smallest absolute Gasteiger partial charge is 0.251 e. The maximum absolute atomic E-state index is 12.4. The number of nitrogens with one attached hydrogen (secondary N) is 1. The van der Waals surface area contributed by atoms with Crippen molar-refractivity contribution in [3.63, 3.8) is 0 Å². The molecular weight excluding hydrogens is 332 g/mol. The van der Waals surface area contributed by atoms with Crippen LogP contribution >= 0.6 is 11.6 Å². The van der Waals surface area contributed by atoms with Crippen LogP contribution in [0.15, 0.2) is 48.5 Å². The Morgan fingerprint density at radius 2 is 2.00 bits per heavy atom. The van der Waals surface area contributed by atoms with Crippen LogP contribution in [0.1, 0.15) is 48.7 Å². The Balaban J connectivity index is 1.64. The van der Waals surface area contributed by atoms with Crippen molar-refractivity contribution in [1.82, 2.24) is 5.32 Å². The average molecular weight is 357 g/mol. The van der Waals surface area contributed by atoms with Gasteiger partial charge in [-0.25, -0.2) is 0 Å². The Morgan fingerprint density at radius 1 is 1.24 bits per heavy atom. The minimum absolute atomic E-state index is 0.0548. The zero-order valence-corrected chi connectivity index (χ0v) is 15.6. The van der Waals surface area contributed by atoms with E-state index in [0.717, 1.165) is 24.6 Å². The first-order chi connectivity index (χ1) is 12.0. The Hall–Kier alpha value is -2.00. The number of piperidine rings is 1. The number of carbonyl (C=O) groups is 1. The lowest BCUT2D eigenvalue weighted by molar-refractivity contribution is 0.0940. The maximum Gasteiger partial charge on any atom is 0.251 e. The van der Waals surface area contributed by atoms with Gasteiger partial charge in [-0.3, -0.25) is 4.79 Å². The van der Waals surface area contributed by atoms with Crippen LogP contribution in [0.25, 0.3) is 0 Å². The molecule has 0 bridgehead atoms. The van der Waals surface area contributed by atoms with Crippen LogP contribution in [0.4, 0.5) is 5.69 Å². The van der Waals surface area contributed by atoms with Gasteiger partial charge < -0.3 is 10.2 Å². The van der Waals surface area contributed by atoms with Crippen LogP contribution in [-0.4, -0.2) is 19.0 Å². The summed E-state index contributed by atoms with van der Waals surface area (Å²) in [6, 6.07) is 15.5. The van der Waals surface area contributed by atoms with Gasteiger partial charge in [-0.15, -0.1) is 0 Å². The van der Waals surface area contributed by atoms with Gasteiger partial charge in [0, 0.05) is 29.4 Å². The van der Waals surface area contributed by atoms with Crippen molar-refractivity contribution in [2.45, 2.75) is 32.7 Å². The molecule has 1 heterocycles. The molecule has 1 fully saturated rings. The summed E-state index contributed by atoms with van der Waals surface area (Å²) in [5.41, 5.74) is 2.95. The van der Waals surface area contributed by atoms with Gasteiger partial charge in [0.15, 0.2) is 0 Å². The van der Waals surface area contributed by atoms with E-state index in [1.54, 1.807) is 24.3 Å². The molecule has 1 saturated heterocycles. The highest BCUT2D eigenvalue weighted by Gasteiger charge is 2.17. The van der Waals surface area contributed by atoms with E-state index in [0.29, 0.717) is 10.6 Å². The summed E-state index contributed by atoms with van der Waals surface area (Å²) < 4.78 is 0. The Kier molecular flexibility index (Phi) is 5.64. The predicted molar refractivity (Wildman–Crippen MR) is 104 cm³/mol. The van der Waals surface area contributed by atoms with E-state index < -0.39 is 0 Å². The van der Waals surface area contributed by atoms with Gasteiger partial charge in [0.2, 0.25) is 0 Å². The highest BCUT2D eigenvalue weighted by molar-refractivity contribution is 6.30. The molecule has 0 radical (unpaired) electrons. The molecule has 0 saturated carbocycles. The highest BCUT2D eigenvalue weighted by atomic mass is 35.5. The third kappa shape index (κ3) is 4.55. The highest BCUT2D eigenvalue weighted by Crippen LogP contribution is 2.24. The van der Waals surface area contributed by atoms with Crippen LogP contribution in [0.5, 0.6) is 0 Å². The van der Waals surface area contributed by atoms with E-state index in [1.165, 1.54) is 18.5 Å². The Morgan fingerprint density at radius 3 is 2.68 bits per heavy atom. The van der Waals surface area contributed by atoms with Crippen LogP contribution in [0.2, 0.25) is 5.02 Å². The average Bonchev–Trinajstić information content (AvgIpc) is 2.62. The molecule has 4 heteroatoms. The minimum Gasteiger partial charge on any atom is -0.371 e. The van der Waals surface area contributed by atoms with Crippen LogP contribution < -0.4 is 10.2 Å². The van der Waals surface area contributed by atoms with E-state index in [1.807, 2.05) is 6.92 Å². The predicted octanol–water partition coefficient (Wildman–Crippen LogP) is 5.07. The molecule has 2 aromatic rings. The van der Waals surface area contributed by atoms with E-state index in [2.05, 4.69) is 41.4 Å². The van der Waals surface area contributed by atoms with Crippen LogP contribution in [-0.2, 0) is 0 Å². The molecule has 2 aromatic carbocycles. The molecule has 0 aliphatic carbocycles. The van der Waals surface area contributed by atoms with Crippen molar-refractivity contribution >= 4 is 23.2 Å². The summed E-state index contributed by atoms with van der Waals surface area (Å²) in [5, 5.41) is 3.60. The Bertz CT molecular complexity index is 729. The molecule has 1 N–H and O–H groups in total. The van der Waals surface area contributed by atoms with Gasteiger partial charge in [-0.1, -0.05) is 36.7 Å². The second kappa shape index (κ2) is 7.92. The summed E-state index contributed by atoms with van der Waals surface area (Å²) in [6.07, 6.45) is 2.58. The first-order valence-electron chi connectivity index (χ1n) is 8.94. The zero-order valence-electron chi connectivity index (χ0n) is 14.8. The molecule has 2 unspecified atom stereocenters. The van der Waals surface area contributed by atoms with Gasteiger partial charge >= 0.3 is 0 Å². The second-order valence-corrected chi connectivity index (χ2v) is 7.43. The van der Waals surface area contributed by atoms with Crippen LogP contribution in [0.3, 0.4) is 0 Å². The van der Waals surface area contributed by atoms with Gasteiger partial charge in [-0.2, -0.15) is 0 Å². The zero-order chi connectivity index (χ0) is 17.8. The van der Waals surface area contributed by atoms with Crippen LogP contribution in [0, 0.1) is 5.92 Å². The fourth-order valence-electron chi connectivity index (χ4n) is 3.39. The quantitative estimate of drug-likeness (QED) is 0.829. The Labute approximate surface area is 155 Å². The molecule has 25 heavy (non-hydrogen) atoms. The summed E-state index contributed by atoms with van der Waals surface area (Å²) in [5.74, 6) is 0.647. The number of amides is 1. The van der Waals surface area contributed by atoms with E-state index in [4.69, 9.17) is 11.6 Å². The van der Waals surface area contributed by atoms with E-state index >= 15 is 0 Å². The molecular formula is C21H25ClN2O.